The lowest BCUT2D eigenvalue weighted by Crippen LogP contribution is -2.23. The molecule has 0 amide bonds. The number of hydrogen-bond donors (Lipinski definition) is 0. The molecule has 0 fully saturated rings. The third kappa shape index (κ3) is 7.49. The van der Waals surface area contributed by atoms with E-state index in [0.29, 0.717) is 13.2 Å². The van der Waals surface area contributed by atoms with E-state index in [9.17, 15) is 4.79 Å². The quantitative estimate of drug-likeness (QED) is 0.489. The van der Waals surface area contributed by atoms with Gasteiger partial charge in [0.25, 0.3) is 0 Å². The van der Waals surface area contributed by atoms with Gasteiger partial charge in [-0.1, -0.05) is 44.3 Å². The third-order valence-corrected chi connectivity index (χ3v) is 3.20. The Balaban J connectivity index is 2.29. The maximum absolute atomic E-state index is 11.5. The maximum Gasteiger partial charge on any atom is 0.334 e. The molecule has 0 radical (unpaired) electrons. The monoisotopic (exact) mass is 254 g/mol. The minimum Gasteiger partial charge on any atom is -0.464 e. The van der Waals surface area contributed by atoms with Gasteiger partial charge in [0.1, 0.15) is 0 Å². The predicted octanol–water partition coefficient (Wildman–Crippen LogP) is 3.63. The van der Waals surface area contributed by atoms with Crippen LogP contribution in [0.4, 0.5) is 0 Å². The van der Waals surface area contributed by atoms with E-state index in [4.69, 9.17) is 9.47 Å². The largest absolute Gasteiger partial charge is 0.464 e. The number of carbonyl (C=O) groups excluding carboxylic acids is 1. The summed E-state index contributed by atoms with van der Waals surface area (Å²) in [5, 5.41) is 0. The first kappa shape index (κ1) is 15.2. The highest BCUT2D eigenvalue weighted by molar-refractivity contribution is 5.74. The molecule has 0 aromatic carbocycles. The van der Waals surface area contributed by atoms with Gasteiger partial charge in [0.05, 0.1) is 13.2 Å². The summed E-state index contributed by atoms with van der Waals surface area (Å²) in [5.41, 5.74) is 0. The van der Waals surface area contributed by atoms with Gasteiger partial charge in [0.15, 0.2) is 6.10 Å². The average Bonchev–Trinajstić information content (AvgIpc) is 2.37. The van der Waals surface area contributed by atoms with Crippen LogP contribution in [0.15, 0.2) is 12.2 Å². The molecular weight excluding hydrogens is 228 g/mol. The van der Waals surface area contributed by atoms with Crippen molar-refractivity contribution in [2.45, 2.75) is 64.4 Å². The second-order valence-electron chi connectivity index (χ2n) is 4.88. The van der Waals surface area contributed by atoms with Crippen LogP contribution in [0.1, 0.15) is 58.3 Å². The van der Waals surface area contributed by atoms with Crippen LogP contribution < -0.4 is 0 Å². The van der Waals surface area contributed by atoms with Crippen LogP contribution in [0.2, 0.25) is 0 Å². The molecule has 0 unspecified atom stereocenters. The van der Waals surface area contributed by atoms with Crippen LogP contribution in [0.3, 0.4) is 0 Å². The van der Waals surface area contributed by atoms with Gasteiger partial charge in [-0.2, -0.15) is 0 Å². The van der Waals surface area contributed by atoms with Gasteiger partial charge in [-0.25, -0.2) is 4.79 Å². The maximum atomic E-state index is 11.5. The molecule has 0 saturated carbocycles. The van der Waals surface area contributed by atoms with Gasteiger partial charge in [-0.3, -0.25) is 0 Å². The summed E-state index contributed by atoms with van der Waals surface area (Å²) >= 11 is 0. The van der Waals surface area contributed by atoms with Crippen LogP contribution in [0.25, 0.3) is 0 Å². The molecule has 0 saturated heterocycles. The van der Waals surface area contributed by atoms with Crippen LogP contribution in [-0.4, -0.2) is 25.3 Å². The minimum atomic E-state index is -0.456. The fourth-order valence-corrected chi connectivity index (χ4v) is 1.99. The van der Waals surface area contributed by atoms with E-state index < -0.39 is 6.10 Å². The van der Waals surface area contributed by atoms with E-state index in [1.165, 1.54) is 32.1 Å². The fourth-order valence-electron chi connectivity index (χ4n) is 1.99. The third-order valence-electron chi connectivity index (χ3n) is 3.20. The van der Waals surface area contributed by atoms with Crippen molar-refractivity contribution in [1.82, 2.24) is 0 Å². The second kappa shape index (κ2) is 10.1. The van der Waals surface area contributed by atoms with Gasteiger partial charge in [-0.15, -0.1) is 0 Å². The highest BCUT2D eigenvalue weighted by atomic mass is 16.6. The molecule has 1 aliphatic rings. The van der Waals surface area contributed by atoms with Crippen molar-refractivity contribution in [3.63, 3.8) is 0 Å². The molecule has 3 nitrogen and oxygen atoms in total. The number of hydrogen-bond acceptors (Lipinski definition) is 3. The zero-order valence-electron chi connectivity index (χ0n) is 11.5. The SMILES string of the molecule is C[C@H]1OC/C=C/CCCCCCCCCOC1=O. The molecule has 18 heavy (non-hydrogen) atoms. The Bertz CT molecular complexity index is 248. The molecule has 0 spiro atoms. The predicted molar refractivity (Wildman–Crippen MR) is 72.4 cm³/mol. The summed E-state index contributed by atoms with van der Waals surface area (Å²) in [4.78, 5) is 11.5. The summed E-state index contributed by atoms with van der Waals surface area (Å²) in [5.74, 6) is -0.240. The van der Waals surface area contributed by atoms with Gasteiger partial charge < -0.3 is 9.47 Å². The number of carbonyl (C=O) groups is 1. The topological polar surface area (TPSA) is 35.5 Å². The van der Waals surface area contributed by atoms with Gasteiger partial charge >= 0.3 is 5.97 Å². The molecule has 1 heterocycles. The molecule has 0 aromatic heterocycles. The zero-order chi connectivity index (χ0) is 13.1. The van der Waals surface area contributed by atoms with Crippen molar-refractivity contribution < 1.29 is 14.3 Å². The highest BCUT2D eigenvalue weighted by Gasteiger charge is 2.13. The molecule has 3 heteroatoms. The zero-order valence-corrected chi connectivity index (χ0v) is 11.5. The first-order valence-corrected chi connectivity index (χ1v) is 7.24. The van der Waals surface area contributed by atoms with Gasteiger partial charge in [-0.05, 0) is 26.2 Å². The number of cyclic esters (lactones) is 1. The van der Waals surface area contributed by atoms with Crippen LogP contribution in [-0.2, 0) is 14.3 Å². The standard InChI is InChI=1S/C15H26O3/c1-14-15(16)18-13-11-9-7-5-3-2-4-6-8-10-12-17-14/h8,10,14H,2-7,9,11-13H2,1H3/b10-8+/t14-/m1/s1. The Morgan fingerprint density at radius 3 is 2.44 bits per heavy atom. The summed E-state index contributed by atoms with van der Waals surface area (Å²) in [6.07, 6.45) is 13.4. The first-order chi connectivity index (χ1) is 8.80. The molecular formula is C15H26O3. The van der Waals surface area contributed by atoms with Crippen LogP contribution in [0, 0.1) is 0 Å². The average molecular weight is 254 g/mol. The lowest BCUT2D eigenvalue weighted by Gasteiger charge is -2.11. The first-order valence-electron chi connectivity index (χ1n) is 7.24. The molecule has 0 N–H and O–H groups in total. The number of allylic oxidation sites excluding steroid dienone is 1. The van der Waals surface area contributed by atoms with E-state index in [1.54, 1.807) is 6.92 Å². The summed E-state index contributed by atoms with van der Waals surface area (Å²) < 4.78 is 10.6. The van der Waals surface area contributed by atoms with E-state index in [-0.39, 0.29) is 5.97 Å². The highest BCUT2D eigenvalue weighted by Crippen LogP contribution is 2.09. The number of esters is 1. The van der Waals surface area contributed by atoms with Crippen molar-refractivity contribution in [2.24, 2.45) is 0 Å². The van der Waals surface area contributed by atoms with Crippen molar-refractivity contribution in [3.8, 4) is 0 Å². The Kier molecular flexibility index (Phi) is 8.57. The van der Waals surface area contributed by atoms with Crippen molar-refractivity contribution in [1.29, 1.82) is 0 Å². The van der Waals surface area contributed by atoms with E-state index in [2.05, 4.69) is 6.08 Å². The van der Waals surface area contributed by atoms with Crippen LogP contribution >= 0.6 is 0 Å². The Hall–Kier alpha value is -0.830. The van der Waals surface area contributed by atoms with E-state index >= 15 is 0 Å². The van der Waals surface area contributed by atoms with Crippen LogP contribution in [0.5, 0.6) is 0 Å². The Labute approximate surface area is 111 Å². The summed E-state index contributed by atoms with van der Waals surface area (Å²) in [6.45, 7) is 2.78. The summed E-state index contributed by atoms with van der Waals surface area (Å²) in [7, 11) is 0. The molecule has 0 aromatic rings. The minimum absolute atomic E-state index is 0.240. The van der Waals surface area contributed by atoms with E-state index in [0.717, 1.165) is 19.3 Å². The van der Waals surface area contributed by atoms with Gasteiger partial charge in [0.2, 0.25) is 0 Å². The lowest BCUT2D eigenvalue weighted by molar-refractivity contribution is -0.155. The second-order valence-corrected chi connectivity index (χ2v) is 4.88. The molecule has 1 atom stereocenters. The fraction of sp³-hybridized carbons (Fsp3) is 0.800. The van der Waals surface area contributed by atoms with Crippen molar-refractivity contribution in [2.75, 3.05) is 13.2 Å². The molecule has 104 valence electrons. The normalized spacial score (nSPS) is 27.4. The Morgan fingerprint density at radius 1 is 1.00 bits per heavy atom. The number of rotatable bonds is 0. The van der Waals surface area contributed by atoms with Crippen molar-refractivity contribution in [3.05, 3.63) is 12.2 Å². The van der Waals surface area contributed by atoms with Gasteiger partial charge in [0, 0.05) is 0 Å². The smallest absolute Gasteiger partial charge is 0.334 e. The lowest BCUT2D eigenvalue weighted by atomic mass is 10.1. The van der Waals surface area contributed by atoms with Crippen molar-refractivity contribution >= 4 is 5.97 Å². The molecule has 0 bridgehead atoms. The summed E-state index contributed by atoms with van der Waals surface area (Å²) in [6, 6.07) is 0. The molecule has 1 aliphatic heterocycles. The number of ether oxygens (including phenoxy) is 2. The molecule has 0 aliphatic carbocycles. The Morgan fingerprint density at radius 2 is 1.67 bits per heavy atom. The molecule has 1 rings (SSSR count). The van der Waals surface area contributed by atoms with E-state index in [1.807, 2.05) is 6.08 Å².